The zero-order valence-electron chi connectivity index (χ0n) is 14.6. The van der Waals surface area contributed by atoms with Crippen LogP contribution in [0.5, 0.6) is 0 Å². The Kier molecular flexibility index (Phi) is 3.54. The maximum atomic E-state index is 14.9. The van der Waals surface area contributed by atoms with Gasteiger partial charge < -0.3 is 10.6 Å². The van der Waals surface area contributed by atoms with E-state index in [1.54, 1.807) is 11.5 Å². The topological polar surface area (TPSA) is 84.1 Å². The van der Waals surface area contributed by atoms with Gasteiger partial charge in [0.1, 0.15) is 5.82 Å². The van der Waals surface area contributed by atoms with Crippen molar-refractivity contribution >= 4 is 16.6 Å². The molecule has 1 aromatic carbocycles. The average molecular weight is 346 g/mol. The number of benzene rings is 1. The van der Waals surface area contributed by atoms with Gasteiger partial charge in [-0.25, -0.2) is 9.18 Å². The summed E-state index contributed by atoms with van der Waals surface area (Å²) >= 11 is 0. The number of nitrogens with zero attached hydrogens (tertiary/aromatic N) is 2. The van der Waals surface area contributed by atoms with Crippen LogP contribution in [0.4, 0.5) is 10.1 Å². The third kappa shape index (κ3) is 2.49. The fraction of sp³-hybridized carbons (Fsp3) is 0.556. The number of aromatic amines is 1. The molecule has 0 amide bonds. The lowest BCUT2D eigenvalue weighted by Gasteiger charge is -2.26. The lowest BCUT2D eigenvalue weighted by Crippen LogP contribution is -2.33. The molecule has 6 nitrogen and oxygen atoms in total. The van der Waals surface area contributed by atoms with Gasteiger partial charge in [0.25, 0.3) is 5.56 Å². The molecule has 1 aliphatic carbocycles. The van der Waals surface area contributed by atoms with E-state index in [1.807, 2.05) is 4.90 Å². The van der Waals surface area contributed by atoms with E-state index in [0.29, 0.717) is 36.4 Å². The summed E-state index contributed by atoms with van der Waals surface area (Å²) in [4.78, 5) is 28.9. The van der Waals surface area contributed by atoms with E-state index in [2.05, 4.69) is 11.9 Å². The van der Waals surface area contributed by atoms with Crippen LogP contribution in [0.15, 0.2) is 15.7 Å². The van der Waals surface area contributed by atoms with Gasteiger partial charge in [-0.2, -0.15) is 0 Å². The van der Waals surface area contributed by atoms with Crippen LogP contribution in [0.3, 0.4) is 0 Å². The van der Waals surface area contributed by atoms with Gasteiger partial charge in [0.2, 0.25) is 0 Å². The molecule has 0 spiro atoms. The van der Waals surface area contributed by atoms with Crippen molar-refractivity contribution in [2.75, 3.05) is 24.5 Å². The summed E-state index contributed by atoms with van der Waals surface area (Å²) in [5, 5.41) is 0.242. The zero-order valence-corrected chi connectivity index (χ0v) is 14.6. The molecule has 3 N–H and O–H groups in total. The summed E-state index contributed by atoms with van der Waals surface area (Å²) in [6, 6.07) is 1.36. The number of aromatic nitrogens is 2. The first-order chi connectivity index (χ1) is 11.8. The van der Waals surface area contributed by atoms with Crippen molar-refractivity contribution in [1.82, 2.24) is 9.55 Å². The van der Waals surface area contributed by atoms with Crippen LogP contribution in [0, 0.1) is 18.2 Å². The summed E-state index contributed by atoms with van der Waals surface area (Å²) in [6.07, 6.45) is 2.70. The van der Waals surface area contributed by atoms with E-state index < -0.39 is 17.1 Å². The number of halogens is 1. The summed E-state index contributed by atoms with van der Waals surface area (Å²) in [7, 11) is 0. The molecule has 1 aliphatic heterocycles. The third-order valence-corrected chi connectivity index (χ3v) is 5.67. The second-order valence-electron chi connectivity index (χ2n) is 7.77. The Morgan fingerprint density at radius 2 is 2.12 bits per heavy atom. The highest BCUT2D eigenvalue weighted by Gasteiger charge is 2.35. The molecule has 2 heterocycles. The highest BCUT2D eigenvalue weighted by molar-refractivity contribution is 5.87. The van der Waals surface area contributed by atoms with Crippen LogP contribution < -0.4 is 21.9 Å². The lowest BCUT2D eigenvalue weighted by atomic mass is 9.90. The predicted molar refractivity (Wildman–Crippen MR) is 95.8 cm³/mol. The van der Waals surface area contributed by atoms with Gasteiger partial charge in [0.15, 0.2) is 0 Å². The molecule has 4 rings (SSSR count). The van der Waals surface area contributed by atoms with Gasteiger partial charge in [-0.3, -0.25) is 14.3 Å². The van der Waals surface area contributed by atoms with Crippen molar-refractivity contribution in [3.05, 3.63) is 38.3 Å². The molecule has 0 radical (unpaired) electrons. The number of aryl methyl sites for hydroxylation is 1. The van der Waals surface area contributed by atoms with Crippen LogP contribution in [0.25, 0.3) is 10.9 Å². The third-order valence-electron chi connectivity index (χ3n) is 5.67. The molecule has 2 aliphatic rings. The zero-order chi connectivity index (χ0) is 17.9. The highest BCUT2D eigenvalue weighted by atomic mass is 19.1. The summed E-state index contributed by atoms with van der Waals surface area (Å²) in [6.45, 7) is 5.84. The first-order valence-electron chi connectivity index (χ1n) is 8.77. The number of anilines is 1. The number of H-pyrrole nitrogens is 1. The SMILES string of the molecule is Cc1c(N2CCC(C)(CN)C2)c(F)cc2c(=O)[nH]c(=O)n(C3CC3)c12. The van der Waals surface area contributed by atoms with E-state index in [1.165, 1.54) is 6.07 Å². The Morgan fingerprint density at radius 3 is 2.72 bits per heavy atom. The summed E-state index contributed by atoms with van der Waals surface area (Å²) in [5.41, 5.74) is 6.61. The molecule has 25 heavy (non-hydrogen) atoms. The van der Waals surface area contributed by atoms with Gasteiger partial charge in [0.05, 0.1) is 16.6 Å². The number of fused-ring (bicyclic) bond motifs is 1. The first-order valence-corrected chi connectivity index (χ1v) is 8.77. The maximum Gasteiger partial charge on any atom is 0.329 e. The Balaban J connectivity index is 1.97. The minimum Gasteiger partial charge on any atom is -0.368 e. The maximum absolute atomic E-state index is 14.9. The number of rotatable bonds is 3. The van der Waals surface area contributed by atoms with Gasteiger partial charge in [-0.1, -0.05) is 6.92 Å². The molecule has 2 aromatic rings. The molecule has 1 unspecified atom stereocenters. The first kappa shape index (κ1) is 16.3. The van der Waals surface area contributed by atoms with Crippen LogP contribution in [-0.2, 0) is 0 Å². The second kappa shape index (κ2) is 5.42. The average Bonchev–Trinajstić information content (AvgIpc) is 3.31. The Bertz CT molecular complexity index is 976. The molecule has 7 heteroatoms. The summed E-state index contributed by atoms with van der Waals surface area (Å²) < 4.78 is 16.5. The fourth-order valence-electron chi connectivity index (χ4n) is 4.02. The van der Waals surface area contributed by atoms with Crippen molar-refractivity contribution in [1.29, 1.82) is 0 Å². The lowest BCUT2D eigenvalue weighted by molar-refractivity contribution is 0.383. The highest BCUT2D eigenvalue weighted by Crippen LogP contribution is 2.40. The van der Waals surface area contributed by atoms with Crippen molar-refractivity contribution in [2.45, 2.75) is 39.2 Å². The number of hydrogen-bond donors (Lipinski definition) is 2. The van der Waals surface area contributed by atoms with E-state index in [4.69, 9.17) is 5.73 Å². The fourth-order valence-corrected chi connectivity index (χ4v) is 4.02. The molecule has 2 fully saturated rings. The van der Waals surface area contributed by atoms with E-state index in [0.717, 1.165) is 19.3 Å². The number of nitrogens with two attached hydrogens (primary N) is 1. The van der Waals surface area contributed by atoms with Gasteiger partial charge >= 0.3 is 5.69 Å². The molecule has 1 aromatic heterocycles. The van der Waals surface area contributed by atoms with Gasteiger partial charge in [-0.05, 0) is 44.2 Å². The van der Waals surface area contributed by atoms with Crippen LogP contribution in [0.2, 0.25) is 0 Å². The Labute approximate surface area is 144 Å². The predicted octanol–water partition coefficient (Wildman–Crippen LogP) is 1.65. The van der Waals surface area contributed by atoms with Crippen molar-refractivity contribution in [3.63, 3.8) is 0 Å². The summed E-state index contributed by atoms with van der Waals surface area (Å²) in [5.74, 6) is -0.419. The molecular weight excluding hydrogens is 323 g/mol. The van der Waals surface area contributed by atoms with Gasteiger partial charge in [0, 0.05) is 24.7 Å². The Hall–Kier alpha value is -2.15. The monoisotopic (exact) mass is 346 g/mol. The quantitative estimate of drug-likeness (QED) is 0.885. The standard InChI is InChI=1S/C18H23FN4O2/c1-10-14-12(16(24)21-17(25)23(14)11-3-4-11)7-13(19)15(10)22-6-5-18(2,8-20)9-22/h7,11H,3-6,8-9,20H2,1-2H3,(H,21,24,25). The van der Waals surface area contributed by atoms with E-state index in [-0.39, 0.29) is 16.8 Å². The van der Waals surface area contributed by atoms with Crippen molar-refractivity contribution in [2.24, 2.45) is 11.1 Å². The molecule has 1 saturated carbocycles. The van der Waals surface area contributed by atoms with E-state index >= 15 is 0 Å². The Morgan fingerprint density at radius 1 is 1.40 bits per heavy atom. The smallest absolute Gasteiger partial charge is 0.329 e. The van der Waals surface area contributed by atoms with Gasteiger partial charge in [-0.15, -0.1) is 0 Å². The van der Waals surface area contributed by atoms with Crippen molar-refractivity contribution < 1.29 is 4.39 Å². The van der Waals surface area contributed by atoms with Crippen LogP contribution >= 0.6 is 0 Å². The van der Waals surface area contributed by atoms with E-state index in [9.17, 15) is 14.0 Å². The molecule has 1 atom stereocenters. The molecule has 0 bridgehead atoms. The molecular formula is C18H23FN4O2. The van der Waals surface area contributed by atoms with Crippen LogP contribution in [0.1, 0.15) is 37.8 Å². The normalized spacial score (nSPS) is 23.6. The number of nitrogens with one attached hydrogen (secondary N) is 1. The second-order valence-corrected chi connectivity index (χ2v) is 7.77. The van der Waals surface area contributed by atoms with Crippen molar-refractivity contribution in [3.8, 4) is 0 Å². The minimum atomic E-state index is -0.529. The largest absolute Gasteiger partial charge is 0.368 e. The molecule has 1 saturated heterocycles. The number of hydrogen-bond acceptors (Lipinski definition) is 4. The molecule has 134 valence electrons. The minimum absolute atomic E-state index is 0.0435. The van der Waals surface area contributed by atoms with Crippen LogP contribution in [-0.4, -0.2) is 29.2 Å².